The second-order valence-electron chi connectivity index (χ2n) is 3.60. The molecule has 3 N–H and O–H groups in total. The van der Waals surface area contributed by atoms with Gasteiger partial charge in [0.2, 0.25) is 0 Å². The van der Waals surface area contributed by atoms with E-state index in [9.17, 15) is 8.78 Å². The predicted molar refractivity (Wildman–Crippen MR) is 62.3 cm³/mol. The van der Waals surface area contributed by atoms with E-state index in [4.69, 9.17) is 5.73 Å². The first-order valence-electron chi connectivity index (χ1n) is 5.03. The van der Waals surface area contributed by atoms with E-state index in [1.807, 2.05) is 0 Å². The lowest BCUT2D eigenvalue weighted by molar-refractivity contribution is 0.574. The van der Waals surface area contributed by atoms with E-state index in [1.54, 1.807) is 12.3 Å². The molecular formula is C12H11F2N3. The van der Waals surface area contributed by atoms with E-state index < -0.39 is 11.6 Å². The zero-order chi connectivity index (χ0) is 12.3. The molecule has 0 amide bonds. The first kappa shape index (κ1) is 11.3. The number of hydrogen-bond donors (Lipinski definition) is 2. The highest BCUT2D eigenvalue weighted by Gasteiger charge is 2.03. The largest absolute Gasteiger partial charge is 0.397 e. The standard InChI is InChI=1S/C12H11F2N3/c13-9-2-1-8(12(14)3-9)5-17-11-4-10(15)6-16-7-11/h1-4,6-7,17H,5,15H2. The Balaban J connectivity index is 2.07. The third-order valence-corrected chi connectivity index (χ3v) is 2.26. The molecule has 2 aromatic rings. The van der Waals surface area contributed by atoms with Crippen molar-refractivity contribution in [2.24, 2.45) is 0 Å². The second kappa shape index (κ2) is 4.78. The number of nitrogens with zero attached hydrogens (tertiary/aromatic N) is 1. The van der Waals surface area contributed by atoms with Crippen LogP contribution in [0.15, 0.2) is 36.7 Å². The Hall–Kier alpha value is -2.17. The van der Waals surface area contributed by atoms with Gasteiger partial charge in [-0.25, -0.2) is 8.78 Å². The van der Waals surface area contributed by atoms with Crippen LogP contribution in [0.4, 0.5) is 20.2 Å². The van der Waals surface area contributed by atoms with Crippen LogP contribution < -0.4 is 11.1 Å². The average Bonchev–Trinajstić information content (AvgIpc) is 2.28. The molecule has 1 aromatic heterocycles. The van der Waals surface area contributed by atoms with Gasteiger partial charge in [0.05, 0.1) is 17.6 Å². The Bertz CT molecular complexity index is 529. The molecule has 17 heavy (non-hydrogen) atoms. The van der Waals surface area contributed by atoms with E-state index in [0.29, 0.717) is 16.9 Å². The monoisotopic (exact) mass is 235 g/mol. The number of pyridine rings is 1. The number of aromatic nitrogens is 1. The fourth-order valence-electron chi connectivity index (χ4n) is 1.42. The van der Waals surface area contributed by atoms with Crippen molar-refractivity contribution in [2.45, 2.75) is 6.54 Å². The fourth-order valence-corrected chi connectivity index (χ4v) is 1.42. The molecule has 0 aliphatic heterocycles. The highest BCUT2D eigenvalue weighted by Crippen LogP contribution is 2.14. The summed E-state index contributed by atoms with van der Waals surface area (Å²) in [5.41, 5.74) is 7.15. The number of nitrogens with two attached hydrogens (primary N) is 1. The molecule has 0 atom stereocenters. The molecular weight excluding hydrogens is 224 g/mol. The second-order valence-corrected chi connectivity index (χ2v) is 3.60. The molecule has 0 aliphatic rings. The van der Waals surface area contributed by atoms with E-state index >= 15 is 0 Å². The number of halogens is 2. The van der Waals surface area contributed by atoms with Crippen LogP contribution in [0, 0.1) is 11.6 Å². The predicted octanol–water partition coefficient (Wildman–Crippen LogP) is 2.55. The maximum absolute atomic E-state index is 13.3. The summed E-state index contributed by atoms with van der Waals surface area (Å²) in [7, 11) is 0. The molecule has 0 bridgehead atoms. The van der Waals surface area contributed by atoms with Gasteiger partial charge >= 0.3 is 0 Å². The van der Waals surface area contributed by atoms with Crippen molar-refractivity contribution in [1.29, 1.82) is 0 Å². The molecule has 0 unspecified atom stereocenters. The zero-order valence-electron chi connectivity index (χ0n) is 8.95. The lowest BCUT2D eigenvalue weighted by atomic mass is 10.2. The normalized spacial score (nSPS) is 10.2. The third-order valence-electron chi connectivity index (χ3n) is 2.26. The van der Waals surface area contributed by atoms with E-state index in [2.05, 4.69) is 10.3 Å². The molecule has 0 radical (unpaired) electrons. The maximum Gasteiger partial charge on any atom is 0.131 e. The number of benzene rings is 1. The van der Waals surface area contributed by atoms with E-state index in [0.717, 1.165) is 6.07 Å². The summed E-state index contributed by atoms with van der Waals surface area (Å²) in [6, 6.07) is 5.16. The number of anilines is 2. The van der Waals surface area contributed by atoms with Gasteiger partial charge < -0.3 is 11.1 Å². The van der Waals surface area contributed by atoms with Gasteiger partial charge in [-0.2, -0.15) is 0 Å². The van der Waals surface area contributed by atoms with Gasteiger partial charge in [-0.15, -0.1) is 0 Å². The summed E-state index contributed by atoms with van der Waals surface area (Å²) in [6.45, 7) is 0.247. The van der Waals surface area contributed by atoms with E-state index in [1.165, 1.54) is 18.3 Å². The first-order chi connectivity index (χ1) is 8.15. The molecule has 88 valence electrons. The summed E-state index contributed by atoms with van der Waals surface area (Å²) in [5, 5.41) is 2.96. The number of hydrogen-bond acceptors (Lipinski definition) is 3. The Morgan fingerprint density at radius 3 is 2.71 bits per heavy atom. The summed E-state index contributed by atoms with van der Waals surface area (Å²) < 4.78 is 26.0. The smallest absolute Gasteiger partial charge is 0.131 e. The Kier molecular flexibility index (Phi) is 3.18. The minimum absolute atomic E-state index is 0.247. The van der Waals surface area contributed by atoms with Gasteiger partial charge in [-0.05, 0) is 12.1 Å². The maximum atomic E-state index is 13.3. The lowest BCUT2D eigenvalue weighted by Crippen LogP contribution is -2.03. The van der Waals surface area contributed by atoms with Gasteiger partial charge in [0.1, 0.15) is 11.6 Å². The highest BCUT2D eigenvalue weighted by atomic mass is 19.1. The zero-order valence-corrected chi connectivity index (χ0v) is 8.95. The van der Waals surface area contributed by atoms with Crippen LogP contribution in [0.5, 0.6) is 0 Å². The van der Waals surface area contributed by atoms with Crippen LogP contribution in [-0.4, -0.2) is 4.98 Å². The van der Waals surface area contributed by atoms with Gasteiger partial charge in [0, 0.05) is 24.4 Å². The SMILES string of the molecule is Nc1cncc(NCc2ccc(F)cc2F)c1. The Labute approximate surface area is 97.3 Å². The summed E-state index contributed by atoms with van der Waals surface area (Å²) in [6.07, 6.45) is 3.10. The van der Waals surface area contributed by atoms with Crippen molar-refractivity contribution >= 4 is 11.4 Å². The molecule has 5 heteroatoms. The molecule has 0 saturated heterocycles. The molecule has 0 spiro atoms. The van der Waals surface area contributed by atoms with Crippen LogP contribution in [0.1, 0.15) is 5.56 Å². The average molecular weight is 235 g/mol. The number of nitrogen functional groups attached to an aromatic ring is 1. The molecule has 3 nitrogen and oxygen atoms in total. The molecule has 0 fully saturated rings. The lowest BCUT2D eigenvalue weighted by Gasteiger charge is -2.07. The van der Waals surface area contributed by atoms with Gasteiger partial charge in [-0.3, -0.25) is 4.98 Å². The quantitative estimate of drug-likeness (QED) is 0.859. The van der Waals surface area contributed by atoms with Crippen molar-refractivity contribution < 1.29 is 8.78 Å². The first-order valence-corrected chi connectivity index (χ1v) is 5.03. The van der Waals surface area contributed by atoms with Crippen LogP contribution in [0.25, 0.3) is 0 Å². The summed E-state index contributed by atoms with van der Waals surface area (Å²) in [4.78, 5) is 3.89. The molecule has 1 aromatic carbocycles. The van der Waals surface area contributed by atoms with Crippen molar-refractivity contribution in [2.75, 3.05) is 11.1 Å². The number of nitrogens with one attached hydrogen (secondary N) is 1. The highest BCUT2D eigenvalue weighted by molar-refractivity contribution is 5.51. The van der Waals surface area contributed by atoms with Crippen LogP contribution in [0.3, 0.4) is 0 Å². The van der Waals surface area contributed by atoms with Crippen molar-refractivity contribution in [3.63, 3.8) is 0 Å². The Morgan fingerprint density at radius 2 is 2.00 bits per heavy atom. The molecule has 1 heterocycles. The van der Waals surface area contributed by atoms with Crippen LogP contribution in [-0.2, 0) is 6.54 Å². The minimum atomic E-state index is -0.586. The van der Waals surface area contributed by atoms with Crippen molar-refractivity contribution in [3.8, 4) is 0 Å². The Morgan fingerprint density at radius 1 is 1.18 bits per heavy atom. The van der Waals surface area contributed by atoms with Crippen molar-refractivity contribution in [1.82, 2.24) is 4.98 Å². The van der Waals surface area contributed by atoms with E-state index in [-0.39, 0.29) is 6.54 Å². The summed E-state index contributed by atoms with van der Waals surface area (Å²) in [5.74, 6) is -1.16. The molecule has 0 saturated carbocycles. The van der Waals surface area contributed by atoms with Crippen LogP contribution >= 0.6 is 0 Å². The van der Waals surface area contributed by atoms with Crippen molar-refractivity contribution in [3.05, 3.63) is 53.9 Å². The summed E-state index contributed by atoms with van der Waals surface area (Å²) >= 11 is 0. The van der Waals surface area contributed by atoms with Crippen LogP contribution in [0.2, 0.25) is 0 Å². The van der Waals surface area contributed by atoms with Gasteiger partial charge in [0.25, 0.3) is 0 Å². The topological polar surface area (TPSA) is 50.9 Å². The third kappa shape index (κ3) is 2.90. The fraction of sp³-hybridized carbons (Fsp3) is 0.0833. The minimum Gasteiger partial charge on any atom is -0.397 e. The number of rotatable bonds is 3. The molecule has 2 rings (SSSR count). The van der Waals surface area contributed by atoms with Gasteiger partial charge in [0.15, 0.2) is 0 Å². The van der Waals surface area contributed by atoms with Gasteiger partial charge in [-0.1, -0.05) is 6.07 Å². The molecule has 0 aliphatic carbocycles.